The lowest BCUT2D eigenvalue weighted by Gasteiger charge is -2.23. The standard InChI is InChI=1S/C25H26ClNO11/c1-13(27-12-19(30)17-5-4-6-18(26)11-17)9-16-7-8-20-21(10-16)38-25(37-20,22(31)32)23(33)36-24(34-14(2)28)35-15(3)29/h4-8,10-11,13,19,24,27,30H,9,12H2,1-3H3,(H,31,32). The van der Waals surface area contributed by atoms with Crippen LogP contribution in [0.4, 0.5) is 0 Å². The summed E-state index contributed by atoms with van der Waals surface area (Å²) < 4.78 is 24.5. The molecule has 3 rings (SSSR count). The van der Waals surface area contributed by atoms with Crippen LogP contribution in [-0.2, 0) is 39.8 Å². The minimum atomic E-state index is -2.97. The molecule has 1 aliphatic rings. The summed E-state index contributed by atoms with van der Waals surface area (Å²) in [7, 11) is 0. The van der Waals surface area contributed by atoms with Crippen LogP contribution in [-0.4, -0.2) is 58.9 Å². The number of aliphatic hydroxyl groups is 1. The second kappa shape index (κ2) is 12.1. The monoisotopic (exact) mass is 551 g/mol. The Morgan fingerprint density at radius 3 is 2.26 bits per heavy atom. The van der Waals surface area contributed by atoms with Crippen molar-refractivity contribution in [2.24, 2.45) is 0 Å². The van der Waals surface area contributed by atoms with Gasteiger partial charge < -0.3 is 39.2 Å². The van der Waals surface area contributed by atoms with Crippen molar-refractivity contribution in [1.82, 2.24) is 5.32 Å². The highest BCUT2D eigenvalue weighted by Gasteiger charge is 2.59. The minimum absolute atomic E-state index is 0.0514. The van der Waals surface area contributed by atoms with E-state index in [4.69, 9.17) is 25.8 Å². The van der Waals surface area contributed by atoms with E-state index in [1.165, 1.54) is 12.1 Å². The number of fused-ring (bicyclic) bond motifs is 1. The van der Waals surface area contributed by atoms with Gasteiger partial charge in [-0.3, -0.25) is 9.59 Å². The molecule has 12 nitrogen and oxygen atoms in total. The first-order valence-corrected chi connectivity index (χ1v) is 11.7. The van der Waals surface area contributed by atoms with Gasteiger partial charge in [-0.2, -0.15) is 0 Å². The van der Waals surface area contributed by atoms with Crippen LogP contribution in [0.3, 0.4) is 0 Å². The number of hydrogen-bond donors (Lipinski definition) is 3. The molecule has 3 N–H and O–H groups in total. The third-order valence-electron chi connectivity index (χ3n) is 5.23. The molecule has 204 valence electrons. The number of rotatable bonds is 11. The fourth-order valence-electron chi connectivity index (χ4n) is 3.51. The lowest BCUT2D eigenvalue weighted by Crippen LogP contribution is -2.56. The highest BCUT2D eigenvalue weighted by atomic mass is 35.5. The third kappa shape index (κ3) is 7.12. The van der Waals surface area contributed by atoms with Crippen LogP contribution in [0.15, 0.2) is 42.5 Å². The number of nitrogens with one attached hydrogen (secondary N) is 1. The van der Waals surface area contributed by atoms with Crippen molar-refractivity contribution in [2.45, 2.75) is 51.6 Å². The van der Waals surface area contributed by atoms with Crippen molar-refractivity contribution in [2.75, 3.05) is 6.54 Å². The number of hydrogen-bond acceptors (Lipinski definition) is 11. The summed E-state index contributed by atoms with van der Waals surface area (Å²) in [6.07, 6.45) is -0.331. The van der Waals surface area contributed by atoms with Crippen LogP contribution >= 0.6 is 11.6 Å². The van der Waals surface area contributed by atoms with Gasteiger partial charge in [-0.1, -0.05) is 29.8 Å². The van der Waals surface area contributed by atoms with Crippen LogP contribution in [0.25, 0.3) is 0 Å². The molecule has 0 saturated heterocycles. The SMILES string of the molecule is CC(=O)OC(OC(C)=O)OC(=O)C1(C(=O)O)Oc2ccc(CC(C)NCC(O)c3cccc(Cl)c3)cc2O1. The second-order valence-electron chi connectivity index (χ2n) is 8.40. The molecule has 0 saturated carbocycles. The zero-order valence-corrected chi connectivity index (χ0v) is 21.4. The average Bonchev–Trinajstić information content (AvgIpc) is 3.22. The number of carbonyl (C=O) groups is 4. The van der Waals surface area contributed by atoms with Crippen molar-refractivity contribution in [1.29, 1.82) is 0 Å². The number of carboxylic acids is 1. The van der Waals surface area contributed by atoms with E-state index < -0.39 is 42.2 Å². The van der Waals surface area contributed by atoms with Crippen LogP contribution in [0, 0.1) is 0 Å². The van der Waals surface area contributed by atoms with Gasteiger partial charge in [-0.15, -0.1) is 0 Å². The molecule has 0 aliphatic carbocycles. The Kier molecular flexibility index (Phi) is 9.15. The van der Waals surface area contributed by atoms with Gasteiger partial charge in [-0.05, 0) is 48.7 Å². The number of esters is 3. The van der Waals surface area contributed by atoms with Crippen molar-refractivity contribution in [3.63, 3.8) is 0 Å². The fraction of sp³-hybridized carbons (Fsp3) is 0.360. The summed E-state index contributed by atoms with van der Waals surface area (Å²) >= 11 is 5.97. The van der Waals surface area contributed by atoms with E-state index >= 15 is 0 Å². The highest BCUT2D eigenvalue weighted by molar-refractivity contribution is 6.30. The smallest absolute Gasteiger partial charge is 0.453 e. The topological polar surface area (TPSA) is 167 Å². The molecule has 3 unspecified atom stereocenters. The van der Waals surface area contributed by atoms with E-state index in [1.54, 1.807) is 30.3 Å². The van der Waals surface area contributed by atoms with Crippen molar-refractivity contribution in [3.05, 3.63) is 58.6 Å². The number of carbonyl (C=O) groups excluding carboxylic acids is 3. The molecule has 2 aromatic rings. The molecular weight excluding hydrogens is 526 g/mol. The Morgan fingerprint density at radius 2 is 1.66 bits per heavy atom. The molecule has 13 heteroatoms. The Morgan fingerprint density at radius 1 is 1.00 bits per heavy atom. The number of ether oxygens (including phenoxy) is 5. The molecule has 0 bridgehead atoms. The van der Waals surface area contributed by atoms with Crippen molar-refractivity contribution < 1.29 is 53.1 Å². The van der Waals surface area contributed by atoms with Crippen molar-refractivity contribution >= 4 is 35.5 Å². The number of aliphatic hydroxyl groups excluding tert-OH is 1. The molecular formula is C25H26ClNO11. The van der Waals surface area contributed by atoms with Gasteiger partial charge in [0.1, 0.15) is 0 Å². The predicted molar refractivity (Wildman–Crippen MR) is 129 cm³/mol. The molecule has 0 radical (unpaired) electrons. The fourth-order valence-corrected chi connectivity index (χ4v) is 3.71. The molecule has 2 aromatic carbocycles. The molecule has 3 atom stereocenters. The van der Waals surface area contributed by atoms with Crippen LogP contribution in [0.1, 0.15) is 38.0 Å². The maximum atomic E-state index is 12.7. The molecule has 0 spiro atoms. The molecule has 38 heavy (non-hydrogen) atoms. The van der Waals surface area contributed by atoms with Gasteiger partial charge in [0, 0.05) is 31.5 Å². The molecule has 1 heterocycles. The number of aliphatic carboxylic acids is 1. The van der Waals surface area contributed by atoms with Gasteiger partial charge in [-0.25, -0.2) is 9.59 Å². The largest absolute Gasteiger partial charge is 0.475 e. The zero-order chi connectivity index (χ0) is 28.0. The molecule has 0 fully saturated rings. The van der Waals surface area contributed by atoms with Gasteiger partial charge in [0.15, 0.2) is 11.5 Å². The summed E-state index contributed by atoms with van der Waals surface area (Å²) in [4.78, 5) is 47.2. The summed E-state index contributed by atoms with van der Waals surface area (Å²) in [5.74, 6) is -8.47. The molecule has 0 aromatic heterocycles. The zero-order valence-electron chi connectivity index (χ0n) is 20.6. The van der Waals surface area contributed by atoms with E-state index in [-0.39, 0.29) is 24.1 Å². The lowest BCUT2D eigenvalue weighted by atomic mass is 10.1. The maximum absolute atomic E-state index is 12.7. The quantitative estimate of drug-likeness (QED) is 0.212. The highest BCUT2D eigenvalue weighted by Crippen LogP contribution is 2.41. The number of carboxylic acid groups (broad SMARTS) is 1. The number of benzene rings is 2. The first-order chi connectivity index (χ1) is 17.9. The normalized spacial score (nSPS) is 17.4. The van der Waals surface area contributed by atoms with E-state index in [0.29, 0.717) is 22.6 Å². The van der Waals surface area contributed by atoms with Gasteiger partial charge in [0.25, 0.3) is 0 Å². The van der Waals surface area contributed by atoms with Gasteiger partial charge in [0.05, 0.1) is 6.10 Å². The average molecular weight is 552 g/mol. The second-order valence-corrected chi connectivity index (χ2v) is 8.84. The predicted octanol–water partition coefficient (Wildman–Crippen LogP) is 2.10. The molecule has 0 amide bonds. The lowest BCUT2D eigenvalue weighted by molar-refractivity contribution is -0.268. The first-order valence-electron chi connectivity index (χ1n) is 11.4. The summed E-state index contributed by atoms with van der Waals surface area (Å²) in [5, 5.41) is 23.8. The minimum Gasteiger partial charge on any atom is -0.475 e. The Labute approximate surface area is 222 Å². The van der Waals surface area contributed by atoms with Crippen LogP contribution in [0.2, 0.25) is 5.02 Å². The van der Waals surface area contributed by atoms with E-state index in [2.05, 4.69) is 14.8 Å². The van der Waals surface area contributed by atoms with Gasteiger partial charge in [0.2, 0.25) is 0 Å². The van der Waals surface area contributed by atoms with Crippen LogP contribution < -0.4 is 14.8 Å². The summed E-state index contributed by atoms with van der Waals surface area (Å²) in [5.41, 5.74) is 1.37. The molecule has 1 aliphatic heterocycles. The Hall–Kier alpha value is -3.87. The summed E-state index contributed by atoms with van der Waals surface area (Å²) in [6.45, 7) is 1.93. The van der Waals surface area contributed by atoms with E-state index in [1.807, 2.05) is 6.92 Å². The third-order valence-corrected chi connectivity index (χ3v) is 5.46. The van der Waals surface area contributed by atoms with E-state index in [9.17, 15) is 29.4 Å². The maximum Gasteiger partial charge on any atom is 0.453 e. The Bertz CT molecular complexity index is 1200. The van der Waals surface area contributed by atoms with E-state index in [0.717, 1.165) is 13.8 Å². The number of halogens is 1. The van der Waals surface area contributed by atoms with Crippen molar-refractivity contribution in [3.8, 4) is 11.5 Å². The first kappa shape index (κ1) is 28.7. The van der Waals surface area contributed by atoms with Gasteiger partial charge >= 0.3 is 36.1 Å². The summed E-state index contributed by atoms with van der Waals surface area (Å²) in [6, 6.07) is 11.4. The van der Waals surface area contributed by atoms with Crippen LogP contribution in [0.5, 0.6) is 11.5 Å². The Balaban J connectivity index is 1.66.